The van der Waals surface area contributed by atoms with E-state index in [4.69, 9.17) is 10.5 Å². The van der Waals surface area contributed by atoms with E-state index in [0.717, 1.165) is 0 Å². The Labute approximate surface area is 118 Å². The van der Waals surface area contributed by atoms with Gasteiger partial charge in [-0.3, -0.25) is 4.79 Å². The number of nitrogen functional groups attached to an aromatic ring is 1. The first kappa shape index (κ1) is 14.0. The number of carbonyl (C=O) groups is 1. The van der Waals surface area contributed by atoms with Crippen LogP contribution in [0, 0.1) is 5.92 Å². The van der Waals surface area contributed by atoms with Gasteiger partial charge in [0, 0.05) is 19.0 Å². The molecule has 1 aromatic heterocycles. The van der Waals surface area contributed by atoms with Crippen LogP contribution in [0.5, 0.6) is 0 Å². The number of hydrogen-bond donors (Lipinski definition) is 1. The minimum Gasteiger partial charge on any atom is -0.469 e. The second-order valence-electron chi connectivity index (χ2n) is 4.36. The van der Waals surface area contributed by atoms with Crippen molar-refractivity contribution in [3.05, 3.63) is 30.2 Å². The second kappa shape index (κ2) is 6.18. The highest BCUT2D eigenvalue weighted by Crippen LogP contribution is 2.26. The fourth-order valence-corrected chi connectivity index (χ4v) is 2.08. The minimum atomic E-state index is -0.313. The summed E-state index contributed by atoms with van der Waals surface area (Å²) in [6.45, 7) is 2.63. The Morgan fingerprint density at radius 3 is 3.05 bits per heavy atom. The van der Waals surface area contributed by atoms with Crippen LogP contribution in [0.15, 0.2) is 35.2 Å². The van der Waals surface area contributed by atoms with E-state index in [2.05, 4.69) is 9.98 Å². The third-order valence-corrected chi connectivity index (χ3v) is 3.10. The van der Waals surface area contributed by atoms with Crippen LogP contribution < -0.4 is 10.6 Å². The molecule has 2 N–H and O–H groups in total. The molecule has 1 aliphatic rings. The summed E-state index contributed by atoms with van der Waals surface area (Å²) >= 11 is 0. The van der Waals surface area contributed by atoms with Crippen LogP contribution >= 0.6 is 0 Å². The fraction of sp³-hybridized carbons (Fsp3) is 0.357. The third-order valence-electron chi connectivity index (χ3n) is 3.10. The van der Waals surface area contributed by atoms with Gasteiger partial charge in [0.05, 0.1) is 18.7 Å². The number of nitrogens with two attached hydrogens (primary N) is 1. The van der Waals surface area contributed by atoms with Crippen molar-refractivity contribution in [1.29, 1.82) is 0 Å². The number of ether oxygens (including phenoxy) is 1. The van der Waals surface area contributed by atoms with Gasteiger partial charge in [0.2, 0.25) is 0 Å². The van der Waals surface area contributed by atoms with Gasteiger partial charge in [-0.15, -0.1) is 0 Å². The summed E-state index contributed by atoms with van der Waals surface area (Å²) in [4.78, 5) is 22.1. The molecule has 0 spiro atoms. The summed E-state index contributed by atoms with van der Waals surface area (Å²) in [6.07, 6.45) is 5.74. The van der Waals surface area contributed by atoms with Crippen molar-refractivity contribution >= 4 is 23.7 Å². The highest BCUT2D eigenvalue weighted by Gasteiger charge is 2.23. The molecule has 0 aromatic carbocycles. The van der Waals surface area contributed by atoms with Crippen LogP contribution in [0.25, 0.3) is 0 Å². The predicted molar refractivity (Wildman–Crippen MR) is 78.4 cm³/mol. The molecule has 0 saturated carbocycles. The van der Waals surface area contributed by atoms with Gasteiger partial charge in [-0.05, 0) is 31.6 Å². The normalized spacial score (nSPS) is 17.5. The van der Waals surface area contributed by atoms with Crippen molar-refractivity contribution in [1.82, 2.24) is 4.98 Å². The van der Waals surface area contributed by atoms with Gasteiger partial charge in [0.1, 0.15) is 5.82 Å². The molecule has 2 heterocycles. The van der Waals surface area contributed by atoms with Crippen LogP contribution in [0.3, 0.4) is 0 Å². The maximum Gasteiger partial charge on any atom is 0.313 e. The molecule has 6 nitrogen and oxygen atoms in total. The zero-order valence-electron chi connectivity index (χ0n) is 11.6. The molecular weight excluding hydrogens is 256 g/mol. The van der Waals surface area contributed by atoms with E-state index in [1.165, 1.54) is 7.11 Å². The number of pyridine rings is 1. The van der Waals surface area contributed by atoms with Gasteiger partial charge < -0.3 is 15.4 Å². The quantitative estimate of drug-likeness (QED) is 0.843. The average molecular weight is 274 g/mol. The molecule has 0 bridgehead atoms. The van der Waals surface area contributed by atoms with Gasteiger partial charge >= 0.3 is 5.97 Å². The van der Waals surface area contributed by atoms with Crippen molar-refractivity contribution in [2.24, 2.45) is 10.9 Å². The number of carbonyl (C=O) groups excluding carboxylic acids is 1. The van der Waals surface area contributed by atoms with Crippen molar-refractivity contribution in [2.75, 3.05) is 24.3 Å². The molecule has 1 atom stereocenters. The van der Waals surface area contributed by atoms with E-state index < -0.39 is 0 Å². The molecule has 0 fully saturated rings. The van der Waals surface area contributed by atoms with Gasteiger partial charge in [0.15, 0.2) is 5.82 Å². The van der Waals surface area contributed by atoms with Gasteiger partial charge in [-0.2, -0.15) is 0 Å². The van der Waals surface area contributed by atoms with E-state index in [0.29, 0.717) is 30.3 Å². The Hall–Kier alpha value is -2.37. The summed E-state index contributed by atoms with van der Waals surface area (Å²) in [5, 5.41) is 0. The molecule has 1 aromatic rings. The Morgan fingerprint density at radius 1 is 1.60 bits per heavy atom. The topological polar surface area (TPSA) is 80.8 Å². The predicted octanol–water partition coefficient (Wildman–Crippen LogP) is 1.60. The van der Waals surface area contributed by atoms with Crippen LogP contribution in [-0.4, -0.2) is 30.8 Å². The first-order valence-corrected chi connectivity index (χ1v) is 6.47. The lowest BCUT2D eigenvalue weighted by atomic mass is 10.0. The van der Waals surface area contributed by atoms with E-state index in [1.54, 1.807) is 30.6 Å². The van der Waals surface area contributed by atoms with Crippen molar-refractivity contribution in [2.45, 2.75) is 13.3 Å². The lowest BCUT2D eigenvalue weighted by Crippen LogP contribution is -2.27. The summed E-state index contributed by atoms with van der Waals surface area (Å²) in [5.74, 6) is 0.730. The zero-order chi connectivity index (χ0) is 14.5. The standard InChI is InChI=1S/C14H18N4O2/c1-3-18(13-11(15)5-4-7-17-13)12-9-10(6-8-16-12)14(19)20-2/h4-5,7-10H,3,6,15H2,1-2H3. The molecule has 106 valence electrons. The monoisotopic (exact) mass is 274 g/mol. The SMILES string of the molecule is CCN(C1=CC(C(=O)OC)CC=N1)c1ncccc1N. The maximum absolute atomic E-state index is 11.6. The molecule has 6 heteroatoms. The largest absolute Gasteiger partial charge is 0.469 e. The molecule has 0 saturated heterocycles. The maximum atomic E-state index is 11.6. The number of methoxy groups -OCH3 is 1. The van der Waals surface area contributed by atoms with Gasteiger partial charge in [-0.25, -0.2) is 9.98 Å². The van der Waals surface area contributed by atoms with Gasteiger partial charge in [-0.1, -0.05) is 0 Å². The van der Waals surface area contributed by atoms with Gasteiger partial charge in [0.25, 0.3) is 0 Å². The van der Waals surface area contributed by atoms with Crippen molar-refractivity contribution < 1.29 is 9.53 Å². The highest BCUT2D eigenvalue weighted by atomic mass is 16.5. The van der Waals surface area contributed by atoms with Crippen LogP contribution in [0.1, 0.15) is 13.3 Å². The average Bonchev–Trinajstić information content (AvgIpc) is 2.49. The first-order valence-electron chi connectivity index (χ1n) is 6.47. The molecule has 0 amide bonds. The molecule has 20 heavy (non-hydrogen) atoms. The number of aromatic nitrogens is 1. The van der Waals surface area contributed by atoms with Crippen LogP contribution in [-0.2, 0) is 9.53 Å². The van der Waals surface area contributed by atoms with Crippen LogP contribution in [0.2, 0.25) is 0 Å². The number of hydrogen-bond acceptors (Lipinski definition) is 6. The molecule has 1 unspecified atom stereocenters. The van der Waals surface area contributed by atoms with E-state index >= 15 is 0 Å². The van der Waals surface area contributed by atoms with E-state index in [1.807, 2.05) is 11.8 Å². The van der Waals surface area contributed by atoms with E-state index in [-0.39, 0.29) is 11.9 Å². The third kappa shape index (κ3) is 2.79. The Balaban J connectivity index is 2.32. The smallest absolute Gasteiger partial charge is 0.313 e. The molecular formula is C14H18N4O2. The Morgan fingerprint density at radius 2 is 2.40 bits per heavy atom. The molecule has 2 rings (SSSR count). The van der Waals surface area contributed by atoms with Crippen molar-refractivity contribution in [3.8, 4) is 0 Å². The number of rotatable bonds is 4. The Kier molecular flexibility index (Phi) is 4.34. The number of nitrogens with zero attached hydrogens (tertiary/aromatic N) is 3. The van der Waals surface area contributed by atoms with Crippen LogP contribution in [0.4, 0.5) is 11.5 Å². The zero-order valence-corrected chi connectivity index (χ0v) is 11.6. The van der Waals surface area contributed by atoms with Crippen molar-refractivity contribution in [3.63, 3.8) is 0 Å². The second-order valence-corrected chi connectivity index (χ2v) is 4.36. The Bertz CT molecular complexity index is 554. The summed E-state index contributed by atoms with van der Waals surface area (Å²) in [5.41, 5.74) is 6.52. The fourth-order valence-electron chi connectivity index (χ4n) is 2.08. The molecule has 0 aliphatic carbocycles. The summed E-state index contributed by atoms with van der Waals surface area (Å²) < 4.78 is 4.78. The summed E-state index contributed by atoms with van der Waals surface area (Å²) in [6, 6.07) is 3.57. The molecule has 1 aliphatic heterocycles. The number of anilines is 2. The number of aliphatic imine (C=N–C) groups is 1. The lowest BCUT2D eigenvalue weighted by Gasteiger charge is -2.26. The minimum absolute atomic E-state index is 0.265. The summed E-state index contributed by atoms with van der Waals surface area (Å²) in [7, 11) is 1.38. The van der Waals surface area contributed by atoms with E-state index in [9.17, 15) is 4.79 Å². The molecule has 0 radical (unpaired) electrons. The number of esters is 1. The highest BCUT2D eigenvalue weighted by molar-refractivity contribution is 5.80. The lowest BCUT2D eigenvalue weighted by molar-refractivity contribution is -0.143. The first-order chi connectivity index (χ1) is 9.67.